The lowest BCUT2D eigenvalue weighted by Gasteiger charge is -2.07. The summed E-state index contributed by atoms with van der Waals surface area (Å²) in [5.74, 6) is 0.724. The number of hydrogen-bond acceptors (Lipinski definition) is 3. The SMILES string of the molecule is N#CCOc1ccc(CNCCc2ccc(Cl)cc2)cc1. The monoisotopic (exact) mass is 300 g/mol. The van der Waals surface area contributed by atoms with Gasteiger partial charge in [-0.25, -0.2) is 0 Å². The van der Waals surface area contributed by atoms with Crippen LogP contribution in [0, 0.1) is 11.3 Å². The van der Waals surface area contributed by atoms with Gasteiger partial charge in [0.1, 0.15) is 11.8 Å². The van der Waals surface area contributed by atoms with Crippen molar-refractivity contribution in [1.29, 1.82) is 5.26 Å². The third-order valence-corrected chi connectivity index (χ3v) is 3.31. The molecule has 0 radical (unpaired) electrons. The van der Waals surface area contributed by atoms with Crippen LogP contribution < -0.4 is 10.1 Å². The fourth-order valence-corrected chi connectivity index (χ4v) is 2.06. The zero-order valence-corrected chi connectivity index (χ0v) is 12.4. The van der Waals surface area contributed by atoms with E-state index in [1.807, 2.05) is 54.6 Å². The third-order valence-electron chi connectivity index (χ3n) is 3.06. The van der Waals surface area contributed by atoms with Gasteiger partial charge in [0.2, 0.25) is 0 Å². The van der Waals surface area contributed by atoms with E-state index in [4.69, 9.17) is 21.6 Å². The summed E-state index contributed by atoms with van der Waals surface area (Å²) in [5, 5.41) is 12.6. The summed E-state index contributed by atoms with van der Waals surface area (Å²) in [6.45, 7) is 1.80. The molecule has 0 spiro atoms. The van der Waals surface area contributed by atoms with Gasteiger partial charge in [-0.2, -0.15) is 5.26 Å². The Bertz CT molecular complexity index is 588. The Morgan fingerprint density at radius 1 is 1.00 bits per heavy atom. The Morgan fingerprint density at radius 2 is 1.67 bits per heavy atom. The van der Waals surface area contributed by atoms with Gasteiger partial charge in [-0.15, -0.1) is 0 Å². The summed E-state index contributed by atoms with van der Waals surface area (Å²) < 4.78 is 5.21. The molecule has 0 saturated heterocycles. The Balaban J connectivity index is 1.71. The lowest BCUT2D eigenvalue weighted by Crippen LogP contribution is -2.16. The number of hydrogen-bond donors (Lipinski definition) is 1. The van der Waals surface area contributed by atoms with Gasteiger partial charge in [0.25, 0.3) is 0 Å². The first-order valence-electron chi connectivity index (χ1n) is 6.82. The molecule has 2 rings (SSSR count). The average Bonchev–Trinajstić information content (AvgIpc) is 2.52. The summed E-state index contributed by atoms with van der Waals surface area (Å²) >= 11 is 5.85. The summed E-state index contributed by atoms with van der Waals surface area (Å²) in [7, 11) is 0. The van der Waals surface area contributed by atoms with Crippen LogP contribution in [0.5, 0.6) is 5.75 Å². The van der Waals surface area contributed by atoms with Gasteiger partial charge in [-0.3, -0.25) is 0 Å². The van der Waals surface area contributed by atoms with E-state index >= 15 is 0 Å². The molecule has 0 saturated carbocycles. The highest BCUT2D eigenvalue weighted by atomic mass is 35.5. The standard InChI is InChI=1S/C17H17ClN2O/c18-16-5-1-14(2-6-16)9-11-20-13-15-3-7-17(8-4-15)21-12-10-19/h1-8,20H,9,11-13H2. The lowest BCUT2D eigenvalue weighted by atomic mass is 10.1. The molecule has 0 amide bonds. The van der Waals surface area contributed by atoms with Crippen LogP contribution in [0.25, 0.3) is 0 Å². The minimum atomic E-state index is 0.0820. The first-order valence-corrected chi connectivity index (χ1v) is 7.19. The van der Waals surface area contributed by atoms with Gasteiger partial charge in [0.05, 0.1) is 0 Å². The van der Waals surface area contributed by atoms with E-state index in [0.29, 0.717) is 0 Å². The molecular weight excluding hydrogens is 284 g/mol. The van der Waals surface area contributed by atoms with Crippen molar-refractivity contribution in [2.45, 2.75) is 13.0 Å². The van der Waals surface area contributed by atoms with E-state index in [2.05, 4.69) is 5.32 Å². The molecule has 2 aromatic rings. The quantitative estimate of drug-likeness (QED) is 0.795. The van der Waals surface area contributed by atoms with Gasteiger partial charge in [0.15, 0.2) is 6.61 Å². The smallest absolute Gasteiger partial charge is 0.174 e. The first kappa shape index (κ1) is 15.4. The fraction of sp³-hybridized carbons (Fsp3) is 0.235. The van der Waals surface area contributed by atoms with Crippen LogP contribution >= 0.6 is 11.6 Å². The molecule has 0 unspecified atom stereocenters. The van der Waals surface area contributed by atoms with Crippen LogP contribution in [0.3, 0.4) is 0 Å². The van der Waals surface area contributed by atoms with Crippen molar-refractivity contribution >= 4 is 11.6 Å². The summed E-state index contributed by atoms with van der Waals surface area (Å²) in [6, 6.07) is 17.6. The van der Waals surface area contributed by atoms with Crippen LogP contribution in [0.4, 0.5) is 0 Å². The molecule has 0 heterocycles. The highest BCUT2D eigenvalue weighted by molar-refractivity contribution is 6.30. The number of nitriles is 1. The topological polar surface area (TPSA) is 45.0 Å². The maximum Gasteiger partial charge on any atom is 0.174 e. The summed E-state index contributed by atoms with van der Waals surface area (Å²) in [5.41, 5.74) is 2.46. The Hall–Kier alpha value is -2.02. The maximum atomic E-state index is 8.44. The van der Waals surface area contributed by atoms with Crippen LogP contribution in [-0.2, 0) is 13.0 Å². The van der Waals surface area contributed by atoms with E-state index in [1.54, 1.807) is 0 Å². The van der Waals surface area contributed by atoms with Gasteiger partial charge in [0, 0.05) is 11.6 Å². The predicted molar refractivity (Wildman–Crippen MR) is 84.4 cm³/mol. The fourth-order valence-electron chi connectivity index (χ4n) is 1.94. The average molecular weight is 301 g/mol. The van der Waals surface area contributed by atoms with Crippen molar-refractivity contribution in [3.8, 4) is 11.8 Å². The first-order chi connectivity index (χ1) is 10.3. The van der Waals surface area contributed by atoms with Gasteiger partial charge < -0.3 is 10.1 Å². The minimum absolute atomic E-state index is 0.0820. The molecule has 1 N–H and O–H groups in total. The number of rotatable bonds is 7. The van der Waals surface area contributed by atoms with Crippen LogP contribution in [0.1, 0.15) is 11.1 Å². The number of ether oxygens (including phenoxy) is 1. The molecule has 0 fully saturated rings. The highest BCUT2D eigenvalue weighted by Gasteiger charge is 1.97. The predicted octanol–water partition coefficient (Wildman–Crippen LogP) is 3.57. The van der Waals surface area contributed by atoms with Crippen molar-refractivity contribution in [2.24, 2.45) is 0 Å². The summed E-state index contributed by atoms with van der Waals surface area (Å²) in [6.07, 6.45) is 0.973. The highest BCUT2D eigenvalue weighted by Crippen LogP contribution is 2.12. The van der Waals surface area contributed by atoms with Crippen LogP contribution in [0.2, 0.25) is 5.02 Å². The van der Waals surface area contributed by atoms with Gasteiger partial charge >= 0.3 is 0 Å². The molecule has 0 atom stereocenters. The minimum Gasteiger partial charge on any atom is -0.479 e. The molecule has 21 heavy (non-hydrogen) atoms. The van der Waals surface area contributed by atoms with Crippen molar-refractivity contribution in [3.63, 3.8) is 0 Å². The molecule has 4 heteroatoms. The number of halogens is 1. The third kappa shape index (κ3) is 5.47. The molecule has 0 aliphatic carbocycles. The zero-order valence-electron chi connectivity index (χ0n) is 11.7. The molecule has 0 aromatic heterocycles. The molecule has 2 aromatic carbocycles. The van der Waals surface area contributed by atoms with Crippen LogP contribution in [-0.4, -0.2) is 13.2 Å². The molecule has 108 valence electrons. The molecule has 0 bridgehead atoms. The molecular formula is C17H17ClN2O. The molecule has 3 nitrogen and oxygen atoms in total. The van der Waals surface area contributed by atoms with E-state index in [1.165, 1.54) is 11.1 Å². The van der Waals surface area contributed by atoms with Crippen molar-refractivity contribution in [1.82, 2.24) is 5.32 Å². The van der Waals surface area contributed by atoms with Gasteiger partial charge in [-0.05, 0) is 48.4 Å². The van der Waals surface area contributed by atoms with E-state index < -0.39 is 0 Å². The molecule has 0 aliphatic rings. The summed E-state index contributed by atoms with van der Waals surface area (Å²) in [4.78, 5) is 0. The number of nitrogens with zero attached hydrogens (tertiary/aromatic N) is 1. The maximum absolute atomic E-state index is 8.44. The van der Waals surface area contributed by atoms with Crippen molar-refractivity contribution in [3.05, 3.63) is 64.7 Å². The number of nitrogens with one attached hydrogen (secondary N) is 1. The molecule has 0 aliphatic heterocycles. The van der Waals surface area contributed by atoms with Crippen molar-refractivity contribution < 1.29 is 4.74 Å². The van der Waals surface area contributed by atoms with Crippen LogP contribution in [0.15, 0.2) is 48.5 Å². The largest absolute Gasteiger partial charge is 0.479 e. The van der Waals surface area contributed by atoms with E-state index in [-0.39, 0.29) is 6.61 Å². The second-order valence-electron chi connectivity index (χ2n) is 4.64. The second-order valence-corrected chi connectivity index (χ2v) is 5.08. The van der Waals surface area contributed by atoms with E-state index in [0.717, 1.165) is 30.3 Å². The Labute approximate surface area is 130 Å². The zero-order chi connectivity index (χ0) is 14.9. The van der Waals surface area contributed by atoms with Crippen molar-refractivity contribution in [2.75, 3.05) is 13.2 Å². The van der Waals surface area contributed by atoms with E-state index in [9.17, 15) is 0 Å². The lowest BCUT2D eigenvalue weighted by molar-refractivity contribution is 0.368. The normalized spacial score (nSPS) is 10.1. The Morgan fingerprint density at radius 3 is 2.33 bits per heavy atom. The Kier molecular flexibility index (Phi) is 6.08. The van der Waals surface area contributed by atoms with Gasteiger partial charge in [-0.1, -0.05) is 35.9 Å². The second kappa shape index (κ2) is 8.31. The number of benzene rings is 2.